The van der Waals surface area contributed by atoms with Gasteiger partial charge in [0.1, 0.15) is 0 Å². The van der Waals surface area contributed by atoms with Crippen LogP contribution in [0.5, 0.6) is 0 Å². The second-order valence-electron chi connectivity index (χ2n) is 7.90. The summed E-state index contributed by atoms with van der Waals surface area (Å²) in [6.45, 7) is 5.58. The molecule has 0 unspecified atom stereocenters. The zero-order chi connectivity index (χ0) is 20.5. The molecule has 4 nitrogen and oxygen atoms in total. The number of esters is 1. The molecule has 1 N–H and O–H groups in total. The number of Topliss-reactive ketones (excluding diaryl/α,β-unsaturated/α-hetero) is 1. The minimum absolute atomic E-state index is 0.105. The summed E-state index contributed by atoms with van der Waals surface area (Å²) in [4.78, 5) is 27.3. The van der Waals surface area contributed by atoms with Gasteiger partial charge in [-0.05, 0) is 50.1 Å². The summed E-state index contributed by atoms with van der Waals surface area (Å²) in [5.41, 5.74) is 4.15. The van der Waals surface area contributed by atoms with Crippen molar-refractivity contribution in [1.29, 1.82) is 0 Å². The van der Waals surface area contributed by atoms with Gasteiger partial charge in [-0.2, -0.15) is 0 Å². The molecular formula is C24H25NO3S. The van der Waals surface area contributed by atoms with E-state index < -0.39 is 0 Å². The van der Waals surface area contributed by atoms with E-state index in [-0.39, 0.29) is 29.7 Å². The highest BCUT2D eigenvalue weighted by Gasteiger charge is 2.41. The molecule has 2 atom stereocenters. The maximum Gasteiger partial charge on any atom is 0.337 e. The summed E-state index contributed by atoms with van der Waals surface area (Å²) < 4.78 is 5.53. The molecule has 2 heterocycles. The van der Waals surface area contributed by atoms with Gasteiger partial charge in [-0.25, -0.2) is 4.79 Å². The number of hydrogen-bond donors (Lipinski definition) is 1. The topological polar surface area (TPSA) is 55.4 Å². The standard InChI is InChI=1S/C24H25NO3S/c1-14(2)28-24(27)21-15(3)25-18-12-17(16-8-5-4-6-9-16)13-19(26)22(18)23(21)20-10-7-11-29-20/h4-11,14,17,23,25H,12-13H2,1-3H3/t17-,23-/m1/s1. The van der Waals surface area contributed by atoms with E-state index in [0.29, 0.717) is 12.0 Å². The number of benzene rings is 1. The molecule has 1 aliphatic carbocycles. The molecule has 150 valence electrons. The quantitative estimate of drug-likeness (QED) is 0.720. The first-order valence-corrected chi connectivity index (χ1v) is 10.9. The normalized spacial score (nSPS) is 21.9. The molecule has 0 bridgehead atoms. The van der Waals surface area contributed by atoms with Gasteiger partial charge < -0.3 is 10.1 Å². The summed E-state index contributed by atoms with van der Waals surface area (Å²) in [6.07, 6.45) is 1.00. The molecule has 4 rings (SSSR count). The largest absolute Gasteiger partial charge is 0.460 e. The third-order valence-electron chi connectivity index (χ3n) is 5.49. The van der Waals surface area contributed by atoms with Gasteiger partial charge in [0.2, 0.25) is 0 Å². The van der Waals surface area contributed by atoms with Gasteiger partial charge in [0, 0.05) is 28.3 Å². The van der Waals surface area contributed by atoms with Crippen LogP contribution in [0.3, 0.4) is 0 Å². The van der Waals surface area contributed by atoms with Crippen LogP contribution in [0, 0.1) is 0 Å². The number of nitrogens with one attached hydrogen (secondary N) is 1. The van der Waals surface area contributed by atoms with Crippen molar-refractivity contribution < 1.29 is 14.3 Å². The van der Waals surface area contributed by atoms with E-state index >= 15 is 0 Å². The fourth-order valence-electron chi connectivity index (χ4n) is 4.29. The van der Waals surface area contributed by atoms with E-state index in [4.69, 9.17) is 4.74 Å². The maximum atomic E-state index is 13.3. The number of rotatable bonds is 4. The molecule has 0 saturated heterocycles. The fourth-order valence-corrected chi connectivity index (χ4v) is 5.13. The van der Waals surface area contributed by atoms with Crippen molar-refractivity contribution in [3.8, 4) is 0 Å². The van der Waals surface area contributed by atoms with E-state index in [1.807, 2.05) is 56.5 Å². The van der Waals surface area contributed by atoms with Gasteiger partial charge in [0.15, 0.2) is 5.78 Å². The minimum atomic E-state index is -0.360. The van der Waals surface area contributed by atoms with Gasteiger partial charge in [0.25, 0.3) is 0 Å². The number of allylic oxidation sites excluding steroid dienone is 3. The summed E-state index contributed by atoms with van der Waals surface area (Å²) in [5, 5.41) is 5.37. The Hall–Kier alpha value is -2.66. The predicted molar refractivity (Wildman–Crippen MR) is 115 cm³/mol. The van der Waals surface area contributed by atoms with Crippen molar-refractivity contribution in [3.05, 3.63) is 80.8 Å². The van der Waals surface area contributed by atoms with Crippen LogP contribution in [0.4, 0.5) is 0 Å². The van der Waals surface area contributed by atoms with Crippen LogP contribution in [-0.2, 0) is 14.3 Å². The molecule has 1 aliphatic heterocycles. The number of ketones is 1. The van der Waals surface area contributed by atoms with E-state index in [9.17, 15) is 9.59 Å². The number of dihydropyridines is 1. The maximum absolute atomic E-state index is 13.3. The lowest BCUT2D eigenvalue weighted by molar-refractivity contribution is -0.143. The Morgan fingerprint density at radius 1 is 1.14 bits per heavy atom. The summed E-state index contributed by atoms with van der Waals surface area (Å²) in [5.74, 6) is -0.459. The molecule has 0 saturated carbocycles. The Balaban J connectivity index is 1.76. The third-order valence-corrected chi connectivity index (χ3v) is 6.43. The highest BCUT2D eigenvalue weighted by molar-refractivity contribution is 7.10. The summed E-state index contributed by atoms with van der Waals surface area (Å²) in [7, 11) is 0. The summed E-state index contributed by atoms with van der Waals surface area (Å²) >= 11 is 1.57. The van der Waals surface area contributed by atoms with Crippen molar-refractivity contribution in [3.63, 3.8) is 0 Å². The van der Waals surface area contributed by atoms with Gasteiger partial charge in [0.05, 0.1) is 17.6 Å². The smallest absolute Gasteiger partial charge is 0.337 e. The van der Waals surface area contributed by atoms with Gasteiger partial charge >= 0.3 is 5.97 Å². The van der Waals surface area contributed by atoms with Crippen LogP contribution in [0.2, 0.25) is 0 Å². The number of ether oxygens (including phenoxy) is 1. The zero-order valence-corrected chi connectivity index (χ0v) is 17.7. The number of carbonyl (C=O) groups excluding carboxylic acids is 2. The Morgan fingerprint density at radius 2 is 1.90 bits per heavy atom. The van der Waals surface area contributed by atoms with Gasteiger partial charge in [-0.1, -0.05) is 36.4 Å². The van der Waals surface area contributed by atoms with Gasteiger partial charge in [-0.3, -0.25) is 4.79 Å². The zero-order valence-electron chi connectivity index (χ0n) is 16.9. The Morgan fingerprint density at radius 3 is 2.55 bits per heavy atom. The van der Waals surface area contributed by atoms with E-state index in [2.05, 4.69) is 17.4 Å². The van der Waals surface area contributed by atoms with Crippen LogP contribution >= 0.6 is 11.3 Å². The Kier molecular flexibility index (Phi) is 5.41. The van der Waals surface area contributed by atoms with E-state index in [0.717, 1.165) is 28.3 Å². The molecule has 2 aromatic rings. The third kappa shape index (κ3) is 3.79. The Labute approximate surface area is 175 Å². The minimum Gasteiger partial charge on any atom is -0.460 e. The van der Waals surface area contributed by atoms with Crippen LogP contribution in [-0.4, -0.2) is 17.9 Å². The van der Waals surface area contributed by atoms with E-state index in [1.165, 1.54) is 5.56 Å². The first kappa shape index (κ1) is 19.6. The first-order chi connectivity index (χ1) is 14.0. The monoisotopic (exact) mass is 407 g/mol. The molecule has 1 aromatic heterocycles. The fraction of sp³-hybridized carbons (Fsp3) is 0.333. The van der Waals surface area contributed by atoms with Crippen molar-refractivity contribution >= 4 is 23.1 Å². The lowest BCUT2D eigenvalue weighted by Crippen LogP contribution is -2.36. The van der Waals surface area contributed by atoms with Crippen LogP contribution in [0.15, 0.2) is 70.4 Å². The average molecular weight is 408 g/mol. The van der Waals surface area contributed by atoms with Gasteiger partial charge in [-0.15, -0.1) is 11.3 Å². The van der Waals surface area contributed by atoms with Crippen molar-refractivity contribution in [2.24, 2.45) is 0 Å². The van der Waals surface area contributed by atoms with Crippen LogP contribution in [0.1, 0.15) is 55.9 Å². The van der Waals surface area contributed by atoms with Crippen molar-refractivity contribution in [1.82, 2.24) is 5.32 Å². The molecular weight excluding hydrogens is 382 g/mol. The highest BCUT2D eigenvalue weighted by atomic mass is 32.1. The Bertz CT molecular complexity index is 986. The predicted octanol–water partition coefficient (Wildman–Crippen LogP) is 5.06. The first-order valence-electron chi connectivity index (χ1n) is 9.99. The second kappa shape index (κ2) is 7.99. The lowest BCUT2D eigenvalue weighted by atomic mass is 9.73. The SMILES string of the molecule is CC1=C(C(=O)OC(C)C)[C@@H](c2cccs2)C2=C(C[C@@H](c3ccccc3)CC2=O)N1. The molecule has 1 aromatic carbocycles. The summed E-state index contributed by atoms with van der Waals surface area (Å²) in [6, 6.07) is 14.1. The van der Waals surface area contributed by atoms with Crippen LogP contribution < -0.4 is 5.32 Å². The molecule has 2 aliphatic rings. The van der Waals surface area contributed by atoms with Crippen molar-refractivity contribution in [2.75, 3.05) is 0 Å². The number of hydrogen-bond acceptors (Lipinski definition) is 5. The molecule has 0 radical (unpaired) electrons. The average Bonchev–Trinajstić information content (AvgIpc) is 3.21. The lowest BCUT2D eigenvalue weighted by Gasteiger charge is -2.36. The van der Waals surface area contributed by atoms with Crippen LogP contribution in [0.25, 0.3) is 0 Å². The second-order valence-corrected chi connectivity index (χ2v) is 8.88. The molecule has 0 amide bonds. The number of carbonyl (C=O) groups is 2. The molecule has 29 heavy (non-hydrogen) atoms. The highest BCUT2D eigenvalue weighted by Crippen LogP contribution is 2.46. The van der Waals surface area contributed by atoms with E-state index in [1.54, 1.807) is 11.3 Å². The van der Waals surface area contributed by atoms with Crippen molar-refractivity contribution in [2.45, 2.75) is 51.6 Å². The molecule has 5 heteroatoms. The molecule has 0 spiro atoms. The number of thiophene rings is 1. The molecule has 0 fully saturated rings.